The molecule has 8 heteroatoms. The fourth-order valence-electron chi connectivity index (χ4n) is 3.19. The van der Waals surface area contributed by atoms with Crippen LogP contribution in [0, 0.1) is 25.1 Å². The summed E-state index contributed by atoms with van der Waals surface area (Å²) < 4.78 is 28.0. The maximum absolute atomic E-state index is 13.4. The highest BCUT2D eigenvalue weighted by Crippen LogP contribution is 2.27. The van der Waals surface area contributed by atoms with Gasteiger partial charge in [0.05, 0.1) is 17.5 Å². The topological polar surface area (TPSA) is 95.0 Å². The van der Waals surface area contributed by atoms with E-state index in [1.54, 1.807) is 12.1 Å². The van der Waals surface area contributed by atoms with Gasteiger partial charge in [-0.1, -0.05) is 38.1 Å². The Morgan fingerprint density at radius 3 is 2.74 bits per heavy atom. The van der Waals surface area contributed by atoms with Crippen molar-refractivity contribution in [2.45, 2.75) is 38.6 Å². The Balaban J connectivity index is 1.67. The van der Waals surface area contributed by atoms with E-state index < -0.39 is 11.0 Å². The molecule has 2 unspecified atom stereocenters. The first-order valence-corrected chi connectivity index (χ1v) is 11.3. The Morgan fingerprint density at radius 2 is 2.00 bits per heavy atom. The summed E-state index contributed by atoms with van der Waals surface area (Å²) in [6.07, 6.45) is 2.02. The Morgan fingerprint density at radius 1 is 1.26 bits per heavy atom. The first-order chi connectivity index (χ1) is 14.6. The second kappa shape index (κ2) is 9.62. The molecule has 1 aliphatic heterocycles. The van der Waals surface area contributed by atoms with Crippen molar-refractivity contribution < 1.29 is 8.94 Å². The number of rotatable bonds is 7. The third-order valence-electron chi connectivity index (χ3n) is 5.21. The number of halogens is 1. The molecule has 0 saturated heterocycles. The zero-order valence-corrected chi connectivity index (χ0v) is 19.1. The van der Waals surface area contributed by atoms with Crippen LogP contribution in [0.2, 0.25) is 0 Å². The standard InChI is InChI=1S/C23H30FN5OS/c1-15-7-5-10-19(16(15)2)20-12-21(29-22(25)28-20)26-13-23(3,4)14-27-31(30)18-9-6-8-17(24)11-18/h5-12,20,26H,13-14H2,1-4H3,(H,27,30)(H3,25,28,29). The van der Waals surface area contributed by atoms with E-state index >= 15 is 0 Å². The van der Waals surface area contributed by atoms with E-state index in [1.165, 1.54) is 23.3 Å². The van der Waals surface area contributed by atoms with E-state index in [1.807, 2.05) is 12.1 Å². The lowest BCUT2D eigenvalue weighted by Gasteiger charge is -2.27. The Hall–Kier alpha value is -2.71. The maximum atomic E-state index is 13.4. The zero-order valence-electron chi connectivity index (χ0n) is 18.3. The molecule has 31 heavy (non-hydrogen) atoms. The summed E-state index contributed by atoms with van der Waals surface area (Å²) in [5.41, 5.74) is 9.32. The molecule has 5 N–H and O–H groups in total. The van der Waals surface area contributed by atoms with Crippen LogP contribution in [0.15, 0.2) is 68.6 Å². The largest absolute Gasteiger partial charge is 0.371 e. The fraction of sp³-hybridized carbons (Fsp3) is 0.348. The summed E-state index contributed by atoms with van der Waals surface area (Å²) in [6.45, 7) is 9.29. The van der Waals surface area contributed by atoms with E-state index in [0.29, 0.717) is 23.9 Å². The highest BCUT2D eigenvalue weighted by atomic mass is 32.2. The molecule has 0 fully saturated rings. The van der Waals surface area contributed by atoms with Gasteiger partial charge in [0.15, 0.2) is 5.96 Å². The van der Waals surface area contributed by atoms with Crippen LogP contribution in [0.25, 0.3) is 0 Å². The van der Waals surface area contributed by atoms with Crippen molar-refractivity contribution in [1.29, 1.82) is 0 Å². The molecule has 166 valence electrons. The minimum atomic E-state index is -1.35. The number of benzene rings is 2. The summed E-state index contributed by atoms with van der Waals surface area (Å²) in [5, 5.41) is 6.47. The fourth-order valence-corrected chi connectivity index (χ4v) is 4.23. The molecule has 0 spiro atoms. The molecule has 2 aromatic rings. The smallest absolute Gasteiger partial charge is 0.195 e. The quantitative estimate of drug-likeness (QED) is 0.516. The molecular weight excluding hydrogens is 413 g/mol. The number of hydrogen-bond donors (Lipinski definition) is 4. The minimum Gasteiger partial charge on any atom is -0.371 e. The van der Waals surface area contributed by atoms with Gasteiger partial charge in [-0.3, -0.25) is 0 Å². The SMILES string of the molecule is Cc1cccc(C2C=C(NCC(C)(C)CN=S(O)c3cccc(F)c3)NC(N)=N2)c1C. The van der Waals surface area contributed by atoms with Gasteiger partial charge in [0, 0.05) is 16.9 Å². The Kier molecular flexibility index (Phi) is 7.12. The number of nitrogens with two attached hydrogens (primary N) is 1. The molecule has 0 saturated carbocycles. The highest BCUT2D eigenvalue weighted by Gasteiger charge is 2.21. The third-order valence-corrected chi connectivity index (χ3v) is 6.26. The Bertz CT molecular complexity index is 1050. The van der Waals surface area contributed by atoms with Crippen molar-refractivity contribution in [1.82, 2.24) is 10.6 Å². The highest BCUT2D eigenvalue weighted by molar-refractivity contribution is 7.81. The van der Waals surface area contributed by atoms with Crippen LogP contribution in [-0.4, -0.2) is 23.6 Å². The number of aliphatic imine (C=N–C) groups is 1. The van der Waals surface area contributed by atoms with Gasteiger partial charge in [-0.2, -0.15) is 0 Å². The number of guanidine groups is 1. The molecule has 2 atom stereocenters. The van der Waals surface area contributed by atoms with E-state index in [4.69, 9.17) is 5.73 Å². The van der Waals surface area contributed by atoms with Gasteiger partial charge in [0.1, 0.15) is 17.7 Å². The lowest BCUT2D eigenvalue weighted by atomic mass is 9.94. The molecular formula is C23H30FN5OS. The van der Waals surface area contributed by atoms with Gasteiger partial charge in [0.25, 0.3) is 0 Å². The molecule has 0 aliphatic carbocycles. The average Bonchev–Trinajstić information content (AvgIpc) is 2.72. The van der Waals surface area contributed by atoms with Gasteiger partial charge >= 0.3 is 0 Å². The molecule has 0 radical (unpaired) electrons. The van der Waals surface area contributed by atoms with Crippen molar-refractivity contribution in [3.8, 4) is 0 Å². The van der Waals surface area contributed by atoms with Gasteiger partial charge in [-0.05, 0) is 54.8 Å². The van der Waals surface area contributed by atoms with Crippen LogP contribution in [0.3, 0.4) is 0 Å². The summed E-state index contributed by atoms with van der Waals surface area (Å²) in [6, 6.07) is 11.9. The van der Waals surface area contributed by atoms with Crippen LogP contribution in [-0.2, 0) is 11.0 Å². The van der Waals surface area contributed by atoms with Crippen LogP contribution >= 0.6 is 0 Å². The lowest BCUT2D eigenvalue weighted by molar-refractivity contribution is 0.364. The number of hydrogen-bond acceptors (Lipinski definition) is 5. The van der Waals surface area contributed by atoms with Crippen LogP contribution in [0.5, 0.6) is 0 Å². The van der Waals surface area contributed by atoms with Crippen LogP contribution < -0.4 is 16.4 Å². The monoisotopic (exact) mass is 443 g/mol. The maximum Gasteiger partial charge on any atom is 0.195 e. The number of nitrogens with one attached hydrogen (secondary N) is 2. The zero-order chi connectivity index (χ0) is 22.6. The van der Waals surface area contributed by atoms with E-state index in [0.717, 1.165) is 11.4 Å². The summed E-state index contributed by atoms with van der Waals surface area (Å²) >= 11 is 0. The molecule has 0 aromatic heterocycles. The van der Waals surface area contributed by atoms with Crippen molar-refractivity contribution in [2.24, 2.45) is 20.5 Å². The van der Waals surface area contributed by atoms with E-state index in [-0.39, 0.29) is 17.3 Å². The summed E-state index contributed by atoms with van der Waals surface area (Å²) in [7, 11) is -1.35. The lowest BCUT2D eigenvalue weighted by Crippen LogP contribution is -2.42. The number of aryl methyl sites for hydroxylation is 1. The predicted octanol–water partition coefficient (Wildman–Crippen LogP) is 4.19. The molecule has 0 bridgehead atoms. The first kappa shape index (κ1) is 23.0. The van der Waals surface area contributed by atoms with Gasteiger partial charge in [0.2, 0.25) is 0 Å². The normalized spacial score (nSPS) is 17.5. The van der Waals surface area contributed by atoms with E-state index in [9.17, 15) is 8.94 Å². The second-order valence-electron chi connectivity index (χ2n) is 8.48. The average molecular weight is 444 g/mol. The van der Waals surface area contributed by atoms with Crippen molar-refractivity contribution in [2.75, 3.05) is 13.1 Å². The number of nitrogens with zero attached hydrogens (tertiary/aromatic N) is 2. The van der Waals surface area contributed by atoms with Crippen molar-refractivity contribution >= 4 is 16.9 Å². The predicted molar refractivity (Wildman–Crippen MR) is 125 cm³/mol. The Labute approximate surface area is 185 Å². The molecule has 0 amide bonds. The third kappa shape index (κ3) is 6.15. The summed E-state index contributed by atoms with van der Waals surface area (Å²) in [5.74, 6) is 0.772. The van der Waals surface area contributed by atoms with Crippen LogP contribution in [0.1, 0.15) is 36.6 Å². The van der Waals surface area contributed by atoms with Crippen molar-refractivity contribution in [3.05, 3.63) is 76.9 Å². The molecule has 1 aliphatic rings. The molecule has 6 nitrogen and oxygen atoms in total. The first-order valence-electron chi connectivity index (χ1n) is 10.1. The minimum absolute atomic E-state index is 0.160. The molecule has 2 aromatic carbocycles. The molecule has 3 rings (SSSR count). The van der Waals surface area contributed by atoms with E-state index in [2.05, 4.69) is 59.8 Å². The molecule has 1 heterocycles. The van der Waals surface area contributed by atoms with Gasteiger partial charge < -0.3 is 20.9 Å². The van der Waals surface area contributed by atoms with Gasteiger partial charge in [-0.25, -0.2) is 13.7 Å². The van der Waals surface area contributed by atoms with Crippen LogP contribution in [0.4, 0.5) is 4.39 Å². The van der Waals surface area contributed by atoms with Crippen molar-refractivity contribution in [3.63, 3.8) is 0 Å². The van der Waals surface area contributed by atoms with Gasteiger partial charge in [-0.15, -0.1) is 0 Å². The summed E-state index contributed by atoms with van der Waals surface area (Å²) in [4.78, 5) is 5.01. The second-order valence-corrected chi connectivity index (χ2v) is 9.74.